The van der Waals surface area contributed by atoms with Gasteiger partial charge >= 0.3 is 6.09 Å². The van der Waals surface area contributed by atoms with Crippen LogP contribution in [0.25, 0.3) is 11.0 Å². The van der Waals surface area contributed by atoms with Gasteiger partial charge in [-0.2, -0.15) is 10.2 Å². The zero-order chi connectivity index (χ0) is 28.4. The first-order chi connectivity index (χ1) is 18.9. The van der Waals surface area contributed by atoms with Crippen LogP contribution in [0.5, 0.6) is 0 Å². The number of pyridine rings is 1. The van der Waals surface area contributed by atoms with Crippen LogP contribution >= 0.6 is 0 Å². The van der Waals surface area contributed by atoms with Crippen LogP contribution in [0.2, 0.25) is 0 Å². The molecule has 1 unspecified atom stereocenters. The quantitative estimate of drug-likeness (QED) is 0.417. The Labute approximate surface area is 237 Å². The molecule has 3 saturated carbocycles. The Balaban J connectivity index is 1.16. The number of hydrogen-bond acceptors (Lipinski definition) is 6. The predicted octanol–water partition coefficient (Wildman–Crippen LogP) is 5.55. The molecule has 4 aliphatic rings. The van der Waals surface area contributed by atoms with E-state index in [0.29, 0.717) is 5.92 Å². The second kappa shape index (κ2) is 9.77. The molecule has 3 fully saturated rings. The summed E-state index contributed by atoms with van der Waals surface area (Å²) in [7, 11) is 3.91. The third kappa shape index (κ3) is 4.75. The standard InChI is InChI=1S/C31H45N7O2/c1-20-16-27(24-18-32-36(7)28(24)33-20)37-14-11-26-25(19-37)21(2)34-38(26)15-10-23-17-31(12-8-22(23)9-13-31)35(6)29(39)40-30(3,4)5/h16,18,22-23H,8-15,17,19H2,1-7H3. The van der Waals surface area contributed by atoms with Crippen molar-refractivity contribution in [2.75, 3.05) is 18.5 Å². The summed E-state index contributed by atoms with van der Waals surface area (Å²) in [6, 6.07) is 2.19. The van der Waals surface area contributed by atoms with E-state index in [1.807, 2.05) is 50.6 Å². The SMILES string of the molecule is Cc1cc(N2CCc3c(c(C)nn3CCC3CC4(N(C)C(=O)OC(C)(C)C)CCC3CC4)C2)c2cnn(C)c2n1. The monoisotopic (exact) mass is 547 g/mol. The summed E-state index contributed by atoms with van der Waals surface area (Å²) in [5.41, 5.74) is 6.52. The van der Waals surface area contributed by atoms with Crippen LogP contribution in [0.4, 0.5) is 10.5 Å². The van der Waals surface area contributed by atoms with Gasteiger partial charge in [0.05, 0.1) is 23.0 Å². The molecular weight excluding hydrogens is 502 g/mol. The van der Waals surface area contributed by atoms with E-state index in [9.17, 15) is 4.79 Å². The first kappa shape index (κ1) is 27.1. The molecule has 2 bridgehead atoms. The maximum absolute atomic E-state index is 13.0. The summed E-state index contributed by atoms with van der Waals surface area (Å²) >= 11 is 0. The Hall–Kier alpha value is -3.10. The normalized spacial score (nSPS) is 24.4. The molecule has 3 aromatic rings. The fourth-order valence-corrected chi connectivity index (χ4v) is 7.66. The Morgan fingerprint density at radius 1 is 1.23 bits per heavy atom. The molecule has 1 atom stereocenters. The average Bonchev–Trinajstić information content (AvgIpc) is 3.45. The molecule has 0 N–H and O–H groups in total. The van der Waals surface area contributed by atoms with Crippen molar-refractivity contribution in [1.82, 2.24) is 29.4 Å². The van der Waals surface area contributed by atoms with E-state index >= 15 is 0 Å². The van der Waals surface area contributed by atoms with Crippen LogP contribution in [0.15, 0.2) is 12.3 Å². The number of rotatable bonds is 5. The molecule has 9 nitrogen and oxygen atoms in total. The van der Waals surface area contributed by atoms with Gasteiger partial charge in [0.25, 0.3) is 0 Å². The smallest absolute Gasteiger partial charge is 0.410 e. The van der Waals surface area contributed by atoms with Crippen LogP contribution in [0, 0.1) is 25.7 Å². The Morgan fingerprint density at radius 3 is 2.70 bits per heavy atom. The Kier molecular flexibility index (Phi) is 6.62. The van der Waals surface area contributed by atoms with E-state index in [0.717, 1.165) is 80.1 Å². The van der Waals surface area contributed by atoms with Crippen molar-refractivity contribution in [2.24, 2.45) is 18.9 Å². The minimum absolute atomic E-state index is 0.0674. The van der Waals surface area contributed by atoms with Crippen molar-refractivity contribution in [2.45, 2.75) is 104 Å². The largest absolute Gasteiger partial charge is 0.444 e. The highest BCUT2D eigenvalue weighted by molar-refractivity contribution is 5.89. The summed E-state index contributed by atoms with van der Waals surface area (Å²) in [4.78, 5) is 22.1. The van der Waals surface area contributed by atoms with Crippen LogP contribution in [-0.2, 0) is 31.3 Å². The number of fused-ring (bicyclic) bond motifs is 5. The lowest BCUT2D eigenvalue weighted by Crippen LogP contribution is -2.57. The summed E-state index contributed by atoms with van der Waals surface area (Å²) in [6.07, 6.45) is 9.53. The third-order valence-corrected chi connectivity index (χ3v) is 9.85. The molecule has 0 spiro atoms. The van der Waals surface area contributed by atoms with E-state index < -0.39 is 5.60 Å². The third-order valence-electron chi connectivity index (χ3n) is 9.85. The van der Waals surface area contributed by atoms with E-state index in [2.05, 4.69) is 34.6 Å². The fraction of sp³-hybridized carbons (Fsp3) is 0.677. The van der Waals surface area contributed by atoms with E-state index in [4.69, 9.17) is 14.8 Å². The van der Waals surface area contributed by atoms with Crippen molar-refractivity contribution in [3.63, 3.8) is 0 Å². The fourth-order valence-electron chi connectivity index (χ4n) is 7.66. The molecule has 3 aliphatic carbocycles. The molecule has 1 aliphatic heterocycles. The first-order valence-corrected chi connectivity index (χ1v) is 15.0. The Morgan fingerprint density at radius 2 is 1.98 bits per heavy atom. The number of anilines is 1. The average molecular weight is 548 g/mol. The van der Waals surface area contributed by atoms with Crippen molar-refractivity contribution in [1.29, 1.82) is 0 Å². The first-order valence-electron chi connectivity index (χ1n) is 15.0. The highest BCUT2D eigenvalue weighted by Crippen LogP contribution is 2.51. The van der Waals surface area contributed by atoms with Gasteiger partial charge in [0.15, 0.2) is 5.65 Å². The highest BCUT2D eigenvalue weighted by Gasteiger charge is 2.50. The predicted molar refractivity (Wildman–Crippen MR) is 156 cm³/mol. The lowest BCUT2D eigenvalue weighted by Gasteiger charge is -2.54. The number of carbonyl (C=O) groups is 1. The zero-order valence-corrected chi connectivity index (χ0v) is 25.3. The molecule has 0 saturated heterocycles. The van der Waals surface area contributed by atoms with Crippen molar-refractivity contribution in [3.8, 4) is 0 Å². The van der Waals surface area contributed by atoms with Gasteiger partial charge in [-0.05, 0) is 91.0 Å². The van der Waals surface area contributed by atoms with Gasteiger partial charge in [0.2, 0.25) is 0 Å². The number of ether oxygens (including phenoxy) is 1. The molecule has 3 aromatic heterocycles. The van der Waals surface area contributed by atoms with E-state index in [-0.39, 0.29) is 11.6 Å². The molecule has 216 valence electrons. The molecule has 4 heterocycles. The van der Waals surface area contributed by atoms with Crippen LogP contribution < -0.4 is 4.90 Å². The molecule has 40 heavy (non-hydrogen) atoms. The number of aromatic nitrogens is 5. The molecule has 1 amide bonds. The maximum Gasteiger partial charge on any atom is 0.410 e. The Bertz CT molecular complexity index is 1420. The molecule has 9 heteroatoms. The van der Waals surface area contributed by atoms with Crippen LogP contribution in [-0.4, -0.2) is 60.3 Å². The van der Waals surface area contributed by atoms with E-state index in [1.165, 1.54) is 29.8 Å². The summed E-state index contributed by atoms with van der Waals surface area (Å²) in [6.45, 7) is 12.8. The minimum atomic E-state index is -0.472. The summed E-state index contributed by atoms with van der Waals surface area (Å²) in [5.74, 6) is 1.37. The molecule has 7 rings (SSSR count). The van der Waals surface area contributed by atoms with Gasteiger partial charge < -0.3 is 14.5 Å². The second-order valence-corrected chi connectivity index (χ2v) is 13.5. The lowest BCUT2D eigenvalue weighted by atomic mass is 9.59. The van der Waals surface area contributed by atoms with Gasteiger partial charge in [-0.15, -0.1) is 0 Å². The molecule has 0 radical (unpaired) electrons. The number of hydrogen-bond donors (Lipinski definition) is 0. The van der Waals surface area contributed by atoms with Crippen molar-refractivity contribution >= 4 is 22.8 Å². The number of amides is 1. The second-order valence-electron chi connectivity index (χ2n) is 13.5. The summed E-state index contributed by atoms with van der Waals surface area (Å²) < 4.78 is 9.92. The van der Waals surface area contributed by atoms with E-state index in [1.54, 1.807) is 0 Å². The summed E-state index contributed by atoms with van der Waals surface area (Å²) in [5, 5.41) is 10.6. The lowest BCUT2D eigenvalue weighted by molar-refractivity contribution is -0.0487. The van der Waals surface area contributed by atoms with Crippen LogP contribution in [0.3, 0.4) is 0 Å². The van der Waals surface area contributed by atoms with Crippen LogP contribution in [0.1, 0.15) is 81.9 Å². The van der Waals surface area contributed by atoms with Gasteiger partial charge in [0, 0.05) is 62.6 Å². The molecular formula is C31H45N7O2. The zero-order valence-electron chi connectivity index (χ0n) is 25.3. The topological polar surface area (TPSA) is 81.3 Å². The van der Waals surface area contributed by atoms with Crippen molar-refractivity contribution < 1.29 is 9.53 Å². The maximum atomic E-state index is 13.0. The number of nitrogens with zero attached hydrogens (tertiary/aromatic N) is 7. The minimum Gasteiger partial charge on any atom is -0.444 e. The molecule has 0 aromatic carbocycles. The van der Waals surface area contributed by atoms with Gasteiger partial charge in [0.1, 0.15) is 5.60 Å². The van der Waals surface area contributed by atoms with Crippen molar-refractivity contribution in [3.05, 3.63) is 34.9 Å². The number of aryl methyl sites for hydroxylation is 4. The number of carbonyl (C=O) groups excluding carboxylic acids is 1. The van der Waals surface area contributed by atoms with Gasteiger partial charge in [-0.25, -0.2) is 9.78 Å². The highest BCUT2D eigenvalue weighted by atomic mass is 16.6. The van der Waals surface area contributed by atoms with Gasteiger partial charge in [-0.3, -0.25) is 9.36 Å². The van der Waals surface area contributed by atoms with Gasteiger partial charge in [-0.1, -0.05) is 0 Å².